The molecule has 2 aromatic rings. The van der Waals surface area contributed by atoms with Crippen LogP contribution in [-0.4, -0.2) is 27.9 Å². The van der Waals surface area contributed by atoms with Gasteiger partial charge in [0.05, 0.1) is 23.1 Å². The van der Waals surface area contributed by atoms with Crippen LogP contribution in [0, 0.1) is 0 Å². The predicted molar refractivity (Wildman–Crippen MR) is 79.3 cm³/mol. The van der Waals surface area contributed by atoms with Crippen LogP contribution >= 0.6 is 0 Å². The minimum Gasteiger partial charge on any atom is -0.399 e. The van der Waals surface area contributed by atoms with Crippen molar-refractivity contribution >= 4 is 12.6 Å². The molecule has 1 aliphatic rings. The van der Waals surface area contributed by atoms with Crippen LogP contribution in [0.5, 0.6) is 0 Å². The van der Waals surface area contributed by atoms with Crippen LogP contribution in [0.25, 0.3) is 5.69 Å². The van der Waals surface area contributed by atoms with Crippen molar-refractivity contribution in [3.63, 3.8) is 0 Å². The molecule has 0 amide bonds. The molecule has 0 atom stereocenters. The third-order valence-electron chi connectivity index (χ3n) is 4.17. The molecule has 1 aliphatic heterocycles. The molecule has 0 aliphatic carbocycles. The average molecular weight is 270 g/mol. The predicted octanol–water partition coefficient (Wildman–Crippen LogP) is 2.17. The van der Waals surface area contributed by atoms with Gasteiger partial charge in [0.15, 0.2) is 0 Å². The largest absolute Gasteiger partial charge is 0.496 e. The smallest absolute Gasteiger partial charge is 0.399 e. The molecule has 0 bridgehead atoms. The molecule has 0 unspecified atom stereocenters. The molecule has 4 nitrogen and oxygen atoms in total. The fraction of sp³-hybridized carbons (Fsp3) is 0.400. The Kier molecular flexibility index (Phi) is 2.99. The topological polar surface area (TPSA) is 36.3 Å². The third kappa shape index (κ3) is 2.17. The van der Waals surface area contributed by atoms with E-state index < -0.39 is 0 Å². The molecule has 0 aromatic carbocycles. The highest BCUT2D eigenvalue weighted by molar-refractivity contribution is 6.62. The summed E-state index contributed by atoms with van der Waals surface area (Å²) in [4.78, 5) is 4.30. The van der Waals surface area contributed by atoms with Gasteiger partial charge in [-0.15, -0.1) is 0 Å². The molecule has 0 N–H and O–H groups in total. The minimum atomic E-state index is -0.372. The van der Waals surface area contributed by atoms with Gasteiger partial charge in [-0.25, -0.2) is 0 Å². The van der Waals surface area contributed by atoms with Crippen LogP contribution in [0.2, 0.25) is 0 Å². The number of aromatic nitrogens is 2. The van der Waals surface area contributed by atoms with E-state index in [0.29, 0.717) is 0 Å². The van der Waals surface area contributed by atoms with Crippen LogP contribution in [0.1, 0.15) is 27.7 Å². The van der Waals surface area contributed by atoms with Gasteiger partial charge in [0.2, 0.25) is 0 Å². The maximum atomic E-state index is 6.05. The van der Waals surface area contributed by atoms with Crippen molar-refractivity contribution in [3.05, 3.63) is 43.0 Å². The highest BCUT2D eigenvalue weighted by atomic mass is 16.7. The molecule has 0 saturated carbocycles. The Bertz CT molecular complexity index is 592. The van der Waals surface area contributed by atoms with Crippen molar-refractivity contribution in [3.8, 4) is 5.69 Å². The lowest BCUT2D eigenvalue weighted by Crippen LogP contribution is -2.41. The molecular formula is C15H19BN2O2. The van der Waals surface area contributed by atoms with Gasteiger partial charge < -0.3 is 13.9 Å². The fourth-order valence-corrected chi connectivity index (χ4v) is 2.20. The van der Waals surface area contributed by atoms with Gasteiger partial charge in [0, 0.05) is 24.1 Å². The van der Waals surface area contributed by atoms with Crippen LogP contribution in [0.15, 0.2) is 43.0 Å². The summed E-state index contributed by atoms with van der Waals surface area (Å²) in [6.45, 7) is 8.21. The van der Waals surface area contributed by atoms with Crippen molar-refractivity contribution in [1.29, 1.82) is 0 Å². The van der Waals surface area contributed by atoms with Crippen molar-refractivity contribution in [1.82, 2.24) is 9.55 Å². The first-order valence-corrected chi connectivity index (χ1v) is 6.83. The molecule has 104 valence electrons. The Balaban J connectivity index is 1.91. The van der Waals surface area contributed by atoms with Crippen LogP contribution < -0.4 is 5.46 Å². The molecule has 1 fully saturated rings. The lowest BCUT2D eigenvalue weighted by molar-refractivity contribution is 0.00578. The monoisotopic (exact) mass is 270 g/mol. The van der Waals surface area contributed by atoms with E-state index in [4.69, 9.17) is 9.31 Å². The summed E-state index contributed by atoms with van der Waals surface area (Å²) >= 11 is 0. The summed E-state index contributed by atoms with van der Waals surface area (Å²) in [5.74, 6) is 0. The highest BCUT2D eigenvalue weighted by Gasteiger charge is 2.51. The number of nitrogens with zero attached hydrogens (tertiary/aromatic N) is 2. The highest BCUT2D eigenvalue weighted by Crippen LogP contribution is 2.36. The van der Waals surface area contributed by atoms with Crippen LogP contribution in [0.4, 0.5) is 0 Å². The zero-order valence-electron chi connectivity index (χ0n) is 12.3. The van der Waals surface area contributed by atoms with Gasteiger partial charge in [0.25, 0.3) is 0 Å². The van der Waals surface area contributed by atoms with E-state index in [0.717, 1.165) is 11.2 Å². The Labute approximate surface area is 119 Å². The number of hydrogen-bond acceptors (Lipinski definition) is 3. The Morgan fingerprint density at radius 3 is 2.20 bits per heavy atom. The summed E-state index contributed by atoms with van der Waals surface area (Å²) in [5.41, 5.74) is 1.28. The molecule has 3 heterocycles. The second kappa shape index (κ2) is 4.47. The van der Waals surface area contributed by atoms with E-state index >= 15 is 0 Å². The van der Waals surface area contributed by atoms with E-state index in [9.17, 15) is 0 Å². The van der Waals surface area contributed by atoms with Crippen LogP contribution in [0.3, 0.4) is 0 Å². The Hall–Kier alpha value is -1.59. The first kappa shape index (κ1) is 13.4. The normalized spacial score (nSPS) is 20.3. The Morgan fingerprint density at radius 1 is 1.00 bits per heavy atom. The summed E-state index contributed by atoms with van der Waals surface area (Å²) in [7, 11) is -0.372. The molecule has 20 heavy (non-hydrogen) atoms. The van der Waals surface area contributed by atoms with Crippen molar-refractivity contribution < 1.29 is 9.31 Å². The molecule has 0 radical (unpaired) electrons. The summed E-state index contributed by atoms with van der Waals surface area (Å²) in [5, 5.41) is 0. The van der Waals surface area contributed by atoms with E-state index in [1.165, 1.54) is 0 Å². The fourth-order valence-electron chi connectivity index (χ4n) is 2.20. The zero-order chi connectivity index (χ0) is 14.4. The summed E-state index contributed by atoms with van der Waals surface area (Å²) < 4.78 is 14.1. The lowest BCUT2D eigenvalue weighted by Gasteiger charge is -2.32. The van der Waals surface area contributed by atoms with Gasteiger partial charge in [-0.1, -0.05) is 0 Å². The zero-order valence-corrected chi connectivity index (χ0v) is 12.3. The first-order chi connectivity index (χ1) is 9.39. The SMILES string of the molecule is CC1(C)OB(c2cncc(-n3cccc3)c2)OC1(C)C. The second-order valence-electron chi connectivity index (χ2n) is 6.16. The maximum Gasteiger partial charge on any atom is 0.496 e. The number of pyridine rings is 1. The second-order valence-corrected chi connectivity index (χ2v) is 6.16. The summed E-state index contributed by atoms with van der Waals surface area (Å²) in [6.07, 6.45) is 7.61. The van der Waals surface area contributed by atoms with Crippen LogP contribution in [-0.2, 0) is 9.31 Å². The molecule has 1 saturated heterocycles. The molecule has 2 aromatic heterocycles. The van der Waals surface area contributed by atoms with Gasteiger partial charge in [0.1, 0.15) is 0 Å². The standard InChI is InChI=1S/C15H19BN2O2/c1-14(2)15(3,4)20-16(19-14)12-9-13(11-17-10-12)18-7-5-6-8-18/h5-11H,1-4H3. The van der Waals surface area contributed by atoms with Crippen molar-refractivity contribution in [2.75, 3.05) is 0 Å². The third-order valence-corrected chi connectivity index (χ3v) is 4.17. The average Bonchev–Trinajstić information content (AvgIpc) is 2.97. The van der Waals surface area contributed by atoms with E-state index in [2.05, 4.69) is 38.7 Å². The first-order valence-electron chi connectivity index (χ1n) is 6.83. The maximum absolute atomic E-state index is 6.05. The number of hydrogen-bond donors (Lipinski definition) is 0. The summed E-state index contributed by atoms with van der Waals surface area (Å²) in [6, 6.07) is 6.03. The van der Waals surface area contributed by atoms with E-state index in [-0.39, 0.29) is 18.3 Å². The Morgan fingerprint density at radius 2 is 1.60 bits per heavy atom. The minimum absolute atomic E-state index is 0.332. The quantitative estimate of drug-likeness (QED) is 0.785. The van der Waals surface area contributed by atoms with Crippen molar-refractivity contribution in [2.24, 2.45) is 0 Å². The van der Waals surface area contributed by atoms with Gasteiger partial charge in [-0.3, -0.25) is 4.98 Å². The molecule has 0 spiro atoms. The van der Waals surface area contributed by atoms with Gasteiger partial charge >= 0.3 is 7.12 Å². The van der Waals surface area contributed by atoms with E-state index in [1.54, 1.807) is 6.20 Å². The molecule has 3 rings (SSSR count). The molecular weight excluding hydrogens is 251 g/mol. The van der Waals surface area contributed by atoms with Crippen molar-refractivity contribution in [2.45, 2.75) is 38.9 Å². The lowest BCUT2D eigenvalue weighted by atomic mass is 9.80. The van der Waals surface area contributed by atoms with Gasteiger partial charge in [-0.2, -0.15) is 0 Å². The molecule has 5 heteroatoms. The van der Waals surface area contributed by atoms with Gasteiger partial charge in [-0.05, 0) is 45.9 Å². The van der Waals surface area contributed by atoms with E-state index in [1.807, 2.05) is 35.3 Å². The number of rotatable bonds is 2.